The number of rotatable bonds is 4. The van der Waals surface area contributed by atoms with Crippen LogP contribution in [0.2, 0.25) is 0 Å². The van der Waals surface area contributed by atoms with Crippen molar-refractivity contribution in [2.75, 3.05) is 24.7 Å². The van der Waals surface area contributed by atoms with E-state index in [1.54, 1.807) is 6.26 Å². The lowest BCUT2D eigenvalue weighted by molar-refractivity contribution is 0.211. The molecule has 0 aromatic heterocycles. The minimum Gasteiger partial charge on any atom is -0.382 e. The summed E-state index contributed by atoms with van der Waals surface area (Å²) in [5, 5.41) is 6.29. The van der Waals surface area contributed by atoms with Crippen LogP contribution in [-0.2, 0) is 6.54 Å². The highest BCUT2D eigenvalue weighted by molar-refractivity contribution is 7.79. The molecule has 1 N–H and O–H groups in total. The highest BCUT2D eigenvalue weighted by Gasteiger charge is 2.18. The van der Waals surface area contributed by atoms with E-state index in [0.717, 1.165) is 6.54 Å². The predicted molar refractivity (Wildman–Crippen MR) is 148 cm³/mol. The van der Waals surface area contributed by atoms with Crippen LogP contribution in [0.1, 0.15) is 24.0 Å². The van der Waals surface area contributed by atoms with Gasteiger partial charge in [0.05, 0.1) is 0 Å². The molecule has 0 spiro atoms. The molecule has 1 aliphatic heterocycles. The number of anilines is 1. The van der Waals surface area contributed by atoms with Crippen molar-refractivity contribution in [2.45, 2.75) is 32.4 Å². The molecule has 0 aliphatic carbocycles. The summed E-state index contributed by atoms with van der Waals surface area (Å²) in [5.74, 6) is 0. The summed E-state index contributed by atoms with van der Waals surface area (Å²) in [6.07, 6.45) is 4.14. The molecule has 1 fully saturated rings. The Morgan fingerprint density at radius 2 is 1.18 bits per heavy atom. The zero-order chi connectivity index (χ0) is 23.3. The van der Waals surface area contributed by atoms with Gasteiger partial charge in [0.1, 0.15) is 0 Å². The molecule has 0 unspecified atom stereocenters. The minimum absolute atomic E-state index is 0.611. The van der Waals surface area contributed by atoms with Crippen LogP contribution < -0.4 is 5.32 Å². The number of piperidine rings is 1. The predicted octanol–water partition coefficient (Wildman–Crippen LogP) is 7.46. The summed E-state index contributed by atoms with van der Waals surface area (Å²) in [7, 11) is 0. The third-order valence-corrected chi connectivity index (χ3v) is 5.92. The van der Waals surface area contributed by atoms with E-state index in [4.69, 9.17) is 0 Å². The van der Waals surface area contributed by atoms with Crippen molar-refractivity contribution in [2.24, 2.45) is 0 Å². The van der Waals surface area contributed by atoms with Crippen LogP contribution >= 0.6 is 12.6 Å². The van der Waals surface area contributed by atoms with Crippen molar-refractivity contribution in [3.05, 3.63) is 114 Å². The Bertz CT molecular complexity index is 990. The molecular formula is C30H36N2S. The standard InChI is InChI=1S/C19H24N2.C10H8.CH4S/c1-16-7-9-18(10-8-16)20-19-11-13-21(14-12-19)15-17-5-3-2-4-6-17;1-2-6-10-8-4-3-7-9(10)5-1;1-2/h2-10,19-20H,11-15H2,1H3;1-8H;2H,1H3. The van der Waals surface area contributed by atoms with Crippen molar-refractivity contribution in [1.82, 2.24) is 4.90 Å². The molecule has 1 saturated heterocycles. The van der Waals surface area contributed by atoms with Gasteiger partial charge in [-0.25, -0.2) is 0 Å². The van der Waals surface area contributed by atoms with E-state index in [-0.39, 0.29) is 0 Å². The van der Waals surface area contributed by atoms with E-state index in [1.165, 1.54) is 53.5 Å². The summed E-state index contributed by atoms with van der Waals surface area (Å²) in [6.45, 7) is 5.57. The first-order valence-electron chi connectivity index (χ1n) is 11.7. The molecule has 2 nitrogen and oxygen atoms in total. The van der Waals surface area contributed by atoms with Crippen LogP contribution in [0.15, 0.2) is 103 Å². The average molecular weight is 457 g/mol. The van der Waals surface area contributed by atoms with Crippen molar-refractivity contribution < 1.29 is 0 Å². The second-order valence-corrected chi connectivity index (χ2v) is 8.39. The zero-order valence-electron chi connectivity index (χ0n) is 19.8. The van der Waals surface area contributed by atoms with Gasteiger partial charge in [-0.1, -0.05) is 96.6 Å². The monoisotopic (exact) mass is 456 g/mol. The van der Waals surface area contributed by atoms with Crippen molar-refractivity contribution in [1.29, 1.82) is 0 Å². The van der Waals surface area contributed by atoms with Crippen LogP contribution in [0.25, 0.3) is 10.8 Å². The number of nitrogens with zero attached hydrogens (tertiary/aromatic N) is 1. The maximum Gasteiger partial charge on any atom is 0.0342 e. The summed E-state index contributed by atoms with van der Waals surface area (Å²) in [5.41, 5.74) is 3.99. The molecule has 33 heavy (non-hydrogen) atoms. The SMILES string of the molecule is CS.Cc1ccc(NC2CCN(Cc3ccccc3)CC2)cc1.c1ccc2ccccc2c1. The Hall–Kier alpha value is -2.75. The third kappa shape index (κ3) is 8.27. The Morgan fingerprint density at radius 1 is 0.697 bits per heavy atom. The van der Waals surface area contributed by atoms with Gasteiger partial charge in [-0.2, -0.15) is 12.6 Å². The average Bonchev–Trinajstić information content (AvgIpc) is 2.89. The number of hydrogen-bond acceptors (Lipinski definition) is 3. The molecule has 0 saturated carbocycles. The summed E-state index contributed by atoms with van der Waals surface area (Å²) in [6, 6.07) is 36.8. The molecule has 172 valence electrons. The molecule has 1 aliphatic rings. The van der Waals surface area contributed by atoms with E-state index >= 15 is 0 Å². The Labute approximate surface area is 205 Å². The highest BCUT2D eigenvalue weighted by Crippen LogP contribution is 2.18. The fraction of sp³-hybridized carbons (Fsp3) is 0.267. The molecule has 0 radical (unpaired) electrons. The van der Waals surface area contributed by atoms with Gasteiger partial charge in [-0.3, -0.25) is 4.90 Å². The molecule has 5 rings (SSSR count). The van der Waals surface area contributed by atoms with Crippen LogP contribution in [0.3, 0.4) is 0 Å². The number of hydrogen-bond donors (Lipinski definition) is 2. The molecule has 0 atom stereocenters. The zero-order valence-corrected chi connectivity index (χ0v) is 20.7. The Kier molecular flexibility index (Phi) is 10.3. The first-order valence-corrected chi connectivity index (χ1v) is 12.6. The van der Waals surface area contributed by atoms with E-state index < -0.39 is 0 Å². The van der Waals surface area contributed by atoms with Gasteiger partial charge in [-0.15, -0.1) is 0 Å². The Balaban J connectivity index is 0.000000212. The number of benzene rings is 4. The fourth-order valence-corrected chi connectivity index (χ4v) is 4.10. The van der Waals surface area contributed by atoms with Gasteiger partial charge in [-0.05, 0) is 54.5 Å². The van der Waals surface area contributed by atoms with E-state index in [0.29, 0.717) is 6.04 Å². The van der Waals surface area contributed by atoms with Gasteiger partial charge in [0.25, 0.3) is 0 Å². The fourth-order valence-electron chi connectivity index (χ4n) is 4.10. The molecule has 0 bridgehead atoms. The van der Waals surface area contributed by atoms with Gasteiger partial charge >= 0.3 is 0 Å². The number of nitrogens with one attached hydrogen (secondary N) is 1. The minimum atomic E-state index is 0.611. The first-order chi connectivity index (χ1) is 16.3. The van der Waals surface area contributed by atoms with Crippen molar-refractivity contribution in [3.8, 4) is 0 Å². The van der Waals surface area contributed by atoms with E-state index in [2.05, 4.69) is 133 Å². The molecule has 3 heteroatoms. The molecule has 4 aromatic carbocycles. The van der Waals surface area contributed by atoms with Crippen LogP contribution in [-0.4, -0.2) is 30.3 Å². The molecular weight excluding hydrogens is 420 g/mol. The molecule has 4 aromatic rings. The quantitative estimate of drug-likeness (QED) is 0.310. The lowest BCUT2D eigenvalue weighted by atomic mass is 10.0. The molecule has 0 amide bonds. The maximum absolute atomic E-state index is 3.67. The largest absolute Gasteiger partial charge is 0.382 e. The third-order valence-electron chi connectivity index (χ3n) is 5.92. The number of aryl methyl sites for hydroxylation is 1. The smallest absolute Gasteiger partial charge is 0.0342 e. The van der Waals surface area contributed by atoms with Crippen LogP contribution in [0.5, 0.6) is 0 Å². The number of likely N-dealkylation sites (tertiary alicyclic amines) is 1. The lowest BCUT2D eigenvalue weighted by Crippen LogP contribution is -2.38. The topological polar surface area (TPSA) is 15.3 Å². The first kappa shape index (κ1) is 24.9. The second kappa shape index (κ2) is 13.7. The van der Waals surface area contributed by atoms with Crippen molar-refractivity contribution >= 4 is 29.1 Å². The second-order valence-electron chi connectivity index (χ2n) is 8.39. The Morgan fingerprint density at radius 3 is 1.70 bits per heavy atom. The summed E-state index contributed by atoms with van der Waals surface area (Å²) < 4.78 is 0. The lowest BCUT2D eigenvalue weighted by Gasteiger charge is -2.33. The molecule has 1 heterocycles. The summed E-state index contributed by atoms with van der Waals surface area (Å²) >= 11 is 3.53. The van der Waals surface area contributed by atoms with Crippen molar-refractivity contribution in [3.63, 3.8) is 0 Å². The van der Waals surface area contributed by atoms with Gasteiger partial charge in [0.2, 0.25) is 0 Å². The number of fused-ring (bicyclic) bond motifs is 1. The highest BCUT2D eigenvalue weighted by atomic mass is 32.1. The van der Waals surface area contributed by atoms with E-state index in [1.807, 2.05) is 0 Å². The number of thiol groups is 1. The van der Waals surface area contributed by atoms with E-state index in [9.17, 15) is 0 Å². The van der Waals surface area contributed by atoms with Gasteiger partial charge in [0, 0.05) is 31.4 Å². The maximum atomic E-state index is 3.67. The van der Waals surface area contributed by atoms with Crippen LogP contribution in [0.4, 0.5) is 5.69 Å². The van der Waals surface area contributed by atoms with Gasteiger partial charge in [0.15, 0.2) is 0 Å². The van der Waals surface area contributed by atoms with Gasteiger partial charge < -0.3 is 5.32 Å². The van der Waals surface area contributed by atoms with Crippen LogP contribution in [0, 0.1) is 6.92 Å². The summed E-state index contributed by atoms with van der Waals surface area (Å²) in [4.78, 5) is 2.56. The normalized spacial score (nSPS) is 13.9.